The van der Waals surface area contributed by atoms with Crippen molar-refractivity contribution in [2.75, 3.05) is 83.0 Å². The van der Waals surface area contributed by atoms with E-state index in [1.807, 2.05) is 0 Å². The van der Waals surface area contributed by atoms with E-state index < -0.39 is 91.9 Å². The van der Waals surface area contributed by atoms with Crippen molar-refractivity contribution < 1.29 is 63.9 Å². The molecule has 26 nitrogen and oxygen atoms in total. The van der Waals surface area contributed by atoms with Crippen LogP contribution in [0.15, 0.2) is 35.3 Å². The Balaban J connectivity index is 1.41. The van der Waals surface area contributed by atoms with Gasteiger partial charge in [0.05, 0.1) is 51.2 Å². The summed E-state index contributed by atoms with van der Waals surface area (Å²) in [6.07, 6.45) is 0.851. The number of nitrogens with one attached hydrogen (secondary N) is 5. The molecule has 0 aliphatic heterocycles. The van der Waals surface area contributed by atoms with E-state index in [2.05, 4.69) is 41.2 Å². The second-order valence-corrected chi connectivity index (χ2v) is 13.3. The van der Waals surface area contributed by atoms with Gasteiger partial charge >= 0.3 is 29.8 Å². The molecule has 0 aliphatic rings. The maximum absolute atomic E-state index is 12.8. The molecule has 1 aromatic carbocycles. The SMILES string of the molecule is Nc1nc2ncc(CNc3ccc(C(=O)N[C@@H](CCC(=O)NCCNC(=O)CN(CCN(CCN(CC(=O)O)CC(=O)O)CC(=O)O)CC(=O)O)C(=O)O)cc3)nc2c(=O)[nH]1. The lowest BCUT2D eigenvalue weighted by Gasteiger charge is -2.27. The lowest BCUT2D eigenvalue weighted by Crippen LogP contribution is -2.47. The second-order valence-electron chi connectivity index (χ2n) is 13.3. The van der Waals surface area contributed by atoms with Crippen LogP contribution in [0.2, 0.25) is 0 Å². The van der Waals surface area contributed by atoms with E-state index in [-0.39, 0.29) is 81.3 Å². The first kappa shape index (κ1) is 48.1. The highest BCUT2D eigenvalue weighted by Gasteiger charge is 2.23. The Morgan fingerprint density at radius 1 is 0.705 bits per heavy atom. The van der Waals surface area contributed by atoms with Crippen molar-refractivity contribution in [3.63, 3.8) is 0 Å². The number of aromatic amines is 1. The zero-order valence-corrected chi connectivity index (χ0v) is 32.5. The Morgan fingerprint density at radius 3 is 1.79 bits per heavy atom. The number of fused-ring (bicyclic) bond motifs is 1. The molecule has 1 atom stereocenters. The van der Waals surface area contributed by atoms with E-state index in [1.165, 1.54) is 28.1 Å². The third-order valence-electron chi connectivity index (χ3n) is 8.41. The van der Waals surface area contributed by atoms with Gasteiger partial charge in [-0.2, -0.15) is 4.98 Å². The number of nitrogens with zero attached hydrogens (tertiary/aromatic N) is 6. The van der Waals surface area contributed by atoms with Crippen LogP contribution in [0.4, 0.5) is 11.6 Å². The number of hydrogen-bond acceptors (Lipinski definition) is 17. The van der Waals surface area contributed by atoms with Gasteiger partial charge in [0, 0.05) is 56.9 Å². The summed E-state index contributed by atoms with van der Waals surface area (Å²) >= 11 is 0. The predicted molar refractivity (Wildman–Crippen MR) is 210 cm³/mol. The highest BCUT2D eigenvalue weighted by molar-refractivity contribution is 5.97. The molecule has 0 radical (unpaired) electrons. The minimum atomic E-state index is -1.42. The van der Waals surface area contributed by atoms with E-state index in [0.29, 0.717) is 11.4 Å². The molecule has 0 aliphatic carbocycles. The van der Waals surface area contributed by atoms with Crippen LogP contribution in [0.25, 0.3) is 11.2 Å². The van der Waals surface area contributed by atoms with Gasteiger partial charge in [-0.15, -0.1) is 0 Å². The molecule has 2 aromatic heterocycles. The number of rotatable bonds is 28. The molecule has 0 unspecified atom stereocenters. The number of carbonyl (C=O) groups excluding carboxylic acids is 3. The molecule has 26 heteroatoms. The van der Waals surface area contributed by atoms with E-state index >= 15 is 0 Å². The van der Waals surface area contributed by atoms with Crippen molar-refractivity contribution in [1.82, 2.24) is 50.6 Å². The molecule has 2 heterocycles. The Labute approximate surface area is 345 Å². The fraction of sp³-hybridized carbons (Fsp3) is 0.429. The average molecular weight is 859 g/mol. The normalized spacial score (nSPS) is 11.6. The van der Waals surface area contributed by atoms with Gasteiger partial charge in [-0.25, -0.2) is 14.8 Å². The molecule has 330 valence electrons. The van der Waals surface area contributed by atoms with E-state index in [9.17, 15) is 58.5 Å². The van der Waals surface area contributed by atoms with E-state index in [0.717, 1.165) is 4.90 Å². The van der Waals surface area contributed by atoms with Crippen molar-refractivity contribution in [3.8, 4) is 0 Å². The Hall–Kier alpha value is -7.32. The third kappa shape index (κ3) is 18.0. The van der Waals surface area contributed by atoms with Crippen LogP contribution in [-0.2, 0) is 40.1 Å². The van der Waals surface area contributed by atoms with Crippen molar-refractivity contribution >= 4 is 70.4 Å². The summed E-state index contributed by atoms with van der Waals surface area (Å²) in [6, 6.07) is 4.60. The number of amides is 3. The van der Waals surface area contributed by atoms with Gasteiger partial charge in [-0.05, 0) is 30.7 Å². The molecular weight excluding hydrogens is 812 g/mol. The summed E-state index contributed by atoms with van der Waals surface area (Å²) in [5, 5.41) is 56.8. The predicted octanol–water partition coefficient (Wildman–Crippen LogP) is -3.65. The molecule has 0 saturated heterocycles. The summed E-state index contributed by atoms with van der Waals surface area (Å²) in [5.74, 6) is -8.49. The first-order valence-corrected chi connectivity index (χ1v) is 18.3. The zero-order chi connectivity index (χ0) is 45.1. The molecule has 0 spiro atoms. The van der Waals surface area contributed by atoms with Crippen LogP contribution in [-0.4, -0.2) is 186 Å². The smallest absolute Gasteiger partial charge is 0.326 e. The number of aliphatic carboxylic acids is 5. The average Bonchev–Trinajstić information content (AvgIpc) is 3.17. The first-order chi connectivity index (χ1) is 28.9. The van der Waals surface area contributed by atoms with Crippen LogP contribution in [0.5, 0.6) is 0 Å². The summed E-state index contributed by atoms with van der Waals surface area (Å²) in [6.45, 7) is -3.13. The van der Waals surface area contributed by atoms with E-state index in [1.54, 1.807) is 12.1 Å². The zero-order valence-electron chi connectivity index (χ0n) is 32.5. The van der Waals surface area contributed by atoms with Crippen LogP contribution >= 0.6 is 0 Å². The number of carboxylic acid groups (broad SMARTS) is 5. The summed E-state index contributed by atoms with van der Waals surface area (Å²) < 4.78 is 0. The van der Waals surface area contributed by atoms with Gasteiger partial charge in [-0.1, -0.05) is 0 Å². The number of hydrogen-bond donors (Lipinski definition) is 11. The molecule has 3 aromatic rings. The minimum Gasteiger partial charge on any atom is -0.480 e. The molecule has 3 amide bonds. The van der Waals surface area contributed by atoms with Gasteiger partial charge in [0.2, 0.25) is 17.8 Å². The maximum Gasteiger partial charge on any atom is 0.326 e. The fourth-order valence-corrected chi connectivity index (χ4v) is 5.54. The van der Waals surface area contributed by atoms with Gasteiger partial charge < -0.3 is 52.5 Å². The van der Waals surface area contributed by atoms with Gasteiger partial charge in [-0.3, -0.25) is 58.0 Å². The fourth-order valence-electron chi connectivity index (χ4n) is 5.54. The topological polar surface area (TPSA) is 393 Å². The largest absolute Gasteiger partial charge is 0.480 e. The third-order valence-corrected chi connectivity index (χ3v) is 8.41. The Morgan fingerprint density at radius 2 is 1.23 bits per heavy atom. The van der Waals surface area contributed by atoms with Crippen LogP contribution in [0, 0.1) is 0 Å². The van der Waals surface area contributed by atoms with Crippen LogP contribution in [0.3, 0.4) is 0 Å². The number of benzene rings is 1. The summed E-state index contributed by atoms with van der Waals surface area (Å²) in [5.41, 5.74) is 6.19. The molecule has 3 rings (SSSR count). The number of nitrogen functional groups attached to an aromatic ring is 1. The van der Waals surface area contributed by atoms with Gasteiger partial charge in [0.25, 0.3) is 11.5 Å². The highest BCUT2D eigenvalue weighted by Crippen LogP contribution is 2.12. The number of carbonyl (C=O) groups is 8. The van der Waals surface area contributed by atoms with Crippen molar-refractivity contribution in [2.45, 2.75) is 25.4 Å². The Kier molecular flexibility index (Phi) is 18.8. The second kappa shape index (κ2) is 23.9. The molecular formula is C35H46N12O14. The highest BCUT2D eigenvalue weighted by atomic mass is 16.4. The lowest BCUT2D eigenvalue weighted by atomic mass is 10.1. The number of anilines is 2. The molecule has 0 fully saturated rings. The number of aromatic nitrogens is 4. The van der Waals surface area contributed by atoms with Crippen LogP contribution < -0.4 is 32.6 Å². The maximum atomic E-state index is 12.8. The summed E-state index contributed by atoms with van der Waals surface area (Å²) in [4.78, 5) is 125. The minimum absolute atomic E-state index is 0.0101. The lowest BCUT2D eigenvalue weighted by molar-refractivity contribution is -0.143. The quantitative estimate of drug-likeness (QED) is 0.0314. The monoisotopic (exact) mass is 858 g/mol. The molecule has 12 N–H and O–H groups in total. The van der Waals surface area contributed by atoms with Gasteiger partial charge in [0.15, 0.2) is 11.2 Å². The standard InChI is InChI=1S/C35H46N12O14/c36-35-43-31-30(33(59)44-35)41-22(14-40-31)13-39-21-3-1-20(2-4-21)32(58)42-23(34(60)61)5-6-24(48)37-7-8-38-25(49)15-46(17-27(52)53)11-9-45(16-26(50)51)10-12-47(18-28(54)55)19-29(56)57/h1-4,14,23,39H,5-13,15-19H2,(H,37,48)(H,38,49)(H,42,58)(H,50,51)(H,52,53)(H,54,55)(H,56,57)(H,60,61)(H3,36,40,43,44,59)/t23-/m0/s1. The summed E-state index contributed by atoms with van der Waals surface area (Å²) in [7, 11) is 0. The number of H-pyrrole nitrogens is 1. The number of nitrogens with two attached hydrogens (primary N) is 1. The molecule has 0 bridgehead atoms. The van der Waals surface area contributed by atoms with Gasteiger partial charge in [0.1, 0.15) is 6.04 Å². The van der Waals surface area contributed by atoms with Crippen molar-refractivity contribution in [3.05, 3.63) is 52.1 Å². The molecule has 0 saturated carbocycles. The first-order valence-electron chi connectivity index (χ1n) is 18.3. The van der Waals surface area contributed by atoms with Crippen LogP contribution in [0.1, 0.15) is 28.9 Å². The van der Waals surface area contributed by atoms with E-state index in [4.69, 9.17) is 15.9 Å². The van der Waals surface area contributed by atoms with Crippen molar-refractivity contribution in [2.24, 2.45) is 0 Å². The van der Waals surface area contributed by atoms with Crippen molar-refractivity contribution in [1.29, 1.82) is 0 Å². The number of carboxylic acids is 5. The molecule has 61 heavy (non-hydrogen) atoms. The Bertz CT molecular complexity index is 2100.